The Morgan fingerprint density at radius 2 is 2.21 bits per heavy atom. The lowest BCUT2D eigenvalue weighted by atomic mass is 9.93. The molecule has 2 N–H and O–H groups in total. The minimum Gasteiger partial charge on any atom is -0.327 e. The van der Waals surface area contributed by atoms with Gasteiger partial charge in [-0.3, -0.25) is 0 Å². The second-order valence-corrected chi connectivity index (χ2v) is 3.94. The molecule has 2 nitrogen and oxygen atoms in total. The van der Waals surface area contributed by atoms with Gasteiger partial charge in [-0.25, -0.2) is 0 Å². The van der Waals surface area contributed by atoms with Crippen LogP contribution < -0.4 is 5.73 Å². The van der Waals surface area contributed by atoms with Crippen LogP contribution in [0.1, 0.15) is 36.3 Å². The predicted octanol–water partition coefficient (Wildman–Crippen LogP) is 2.15. The molecule has 0 radical (unpaired) electrons. The van der Waals surface area contributed by atoms with Gasteiger partial charge in [0.15, 0.2) is 0 Å². The molecule has 0 amide bonds. The first kappa shape index (κ1) is 9.23. The monoisotopic (exact) mass is 186 g/mol. The highest BCUT2D eigenvalue weighted by Gasteiger charge is 2.25. The molecule has 1 aromatic rings. The van der Waals surface area contributed by atoms with Gasteiger partial charge in [-0.2, -0.15) is 5.26 Å². The van der Waals surface area contributed by atoms with Crippen LogP contribution in [0.15, 0.2) is 24.3 Å². The molecule has 1 fully saturated rings. The van der Waals surface area contributed by atoms with Gasteiger partial charge in [0.2, 0.25) is 0 Å². The Bertz CT molecular complexity index is 365. The minimum atomic E-state index is 0.281. The maximum absolute atomic E-state index is 8.79. The Kier molecular flexibility index (Phi) is 2.51. The van der Waals surface area contributed by atoms with Gasteiger partial charge >= 0.3 is 0 Å². The molecule has 1 aromatic carbocycles. The first-order valence-electron chi connectivity index (χ1n) is 5.07. The summed E-state index contributed by atoms with van der Waals surface area (Å²) in [5.74, 6) is 0.461. The summed E-state index contributed by atoms with van der Waals surface area (Å²) in [4.78, 5) is 0. The zero-order valence-electron chi connectivity index (χ0n) is 8.11. The third-order valence-electron chi connectivity index (χ3n) is 3.01. The molecule has 0 unspecified atom stereocenters. The van der Waals surface area contributed by atoms with Crippen molar-refractivity contribution in [3.05, 3.63) is 35.4 Å². The molecule has 1 saturated carbocycles. The molecule has 1 aliphatic carbocycles. The Labute approximate surface area is 84.3 Å². The van der Waals surface area contributed by atoms with E-state index in [-0.39, 0.29) is 6.04 Å². The van der Waals surface area contributed by atoms with Crippen molar-refractivity contribution in [3.8, 4) is 6.07 Å². The van der Waals surface area contributed by atoms with Crippen molar-refractivity contribution in [3.63, 3.8) is 0 Å². The minimum absolute atomic E-state index is 0.281. The average molecular weight is 186 g/mol. The number of rotatable bonds is 1. The van der Waals surface area contributed by atoms with Gasteiger partial charge in [0.25, 0.3) is 0 Å². The SMILES string of the molecule is N#Cc1cccc([C@H]2CCC[C@H]2N)c1. The second kappa shape index (κ2) is 3.81. The van der Waals surface area contributed by atoms with Crippen LogP contribution in [-0.2, 0) is 0 Å². The molecular formula is C12H14N2. The highest BCUT2D eigenvalue weighted by Crippen LogP contribution is 2.33. The van der Waals surface area contributed by atoms with Crippen LogP contribution in [0.3, 0.4) is 0 Å². The smallest absolute Gasteiger partial charge is 0.0991 e. The van der Waals surface area contributed by atoms with Crippen molar-refractivity contribution in [1.29, 1.82) is 5.26 Å². The summed E-state index contributed by atoms with van der Waals surface area (Å²) >= 11 is 0. The zero-order chi connectivity index (χ0) is 9.97. The first-order valence-corrected chi connectivity index (χ1v) is 5.07. The van der Waals surface area contributed by atoms with Crippen molar-refractivity contribution < 1.29 is 0 Å². The lowest BCUT2D eigenvalue weighted by molar-refractivity contribution is 0.613. The van der Waals surface area contributed by atoms with Crippen molar-refractivity contribution in [1.82, 2.24) is 0 Å². The van der Waals surface area contributed by atoms with Crippen molar-refractivity contribution in [2.24, 2.45) is 5.73 Å². The van der Waals surface area contributed by atoms with Crippen LogP contribution >= 0.6 is 0 Å². The molecule has 0 spiro atoms. The highest BCUT2D eigenvalue weighted by atomic mass is 14.7. The number of benzene rings is 1. The van der Waals surface area contributed by atoms with Crippen LogP contribution in [0, 0.1) is 11.3 Å². The highest BCUT2D eigenvalue weighted by molar-refractivity contribution is 5.35. The second-order valence-electron chi connectivity index (χ2n) is 3.94. The van der Waals surface area contributed by atoms with Gasteiger partial charge in [-0.1, -0.05) is 18.6 Å². The van der Waals surface area contributed by atoms with Gasteiger partial charge < -0.3 is 5.73 Å². The molecule has 0 saturated heterocycles. The van der Waals surface area contributed by atoms with Gasteiger partial charge in [-0.15, -0.1) is 0 Å². The molecule has 0 heterocycles. The van der Waals surface area contributed by atoms with Crippen LogP contribution in [0.25, 0.3) is 0 Å². The lowest BCUT2D eigenvalue weighted by Gasteiger charge is -2.15. The van der Waals surface area contributed by atoms with Gasteiger partial charge in [0, 0.05) is 6.04 Å². The summed E-state index contributed by atoms with van der Waals surface area (Å²) < 4.78 is 0. The largest absolute Gasteiger partial charge is 0.327 e. The van der Waals surface area contributed by atoms with E-state index in [0.29, 0.717) is 5.92 Å². The number of hydrogen-bond donors (Lipinski definition) is 1. The number of nitrogens with two attached hydrogens (primary N) is 1. The quantitative estimate of drug-likeness (QED) is 0.730. The molecule has 2 rings (SSSR count). The number of nitriles is 1. The Morgan fingerprint density at radius 3 is 2.86 bits per heavy atom. The van der Waals surface area contributed by atoms with Crippen molar-refractivity contribution in [2.45, 2.75) is 31.2 Å². The fourth-order valence-electron chi connectivity index (χ4n) is 2.24. The molecule has 14 heavy (non-hydrogen) atoms. The fraction of sp³-hybridized carbons (Fsp3) is 0.417. The van der Waals surface area contributed by atoms with E-state index in [9.17, 15) is 0 Å². The maximum Gasteiger partial charge on any atom is 0.0991 e. The number of hydrogen-bond acceptors (Lipinski definition) is 2. The average Bonchev–Trinajstić information content (AvgIpc) is 2.65. The van der Waals surface area contributed by atoms with E-state index >= 15 is 0 Å². The molecule has 2 heteroatoms. The van der Waals surface area contributed by atoms with Crippen LogP contribution in [-0.4, -0.2) is 6.04 Å². The van der Waals surface area contributed by atoms with Crippen molar-refractivity contribution in [2.75, 3.05) is 0 Å². The summed E-state index contributed by atoms with van der Waals surface area (Å²) in [6, 6.07) is 10.3. The van der Waals surface area contributed by atoms with E-state index in [0.717, 1.165) is 18.4 Å². The third-order valence-corrected chi connectivity index (χ3v) is 3.01. The zero-order valence-corrected chi connectivity index (χ0v) is 8.11. The maximum atomic E-state index is 8.79. The van der Waals surface area contributed by atoms with E-state index in [2.05, 4.69) is 12.1 Å². The lowest BCUT2D eigenvalue weighted by Crippen LogP contribution is -2.22. The molecule has 72 valence electrons. The van der Waals surface area contributed by atoms with Gasteiger partial charge in [0.05, 0.1) is 11.6 Å². The van der Waals surface area contributed by atoms with Crippen molar-refractivity contribution >= 4 is 0 Å². The van der Waals surface area contributed by atoms with E-state index in [1.807, 2.05) is 18.2 Å². The molecule has 2 atom stereocenters. The van der Waals surface area contributed by atoms with Crippen LogP contribution in [0.2, 0.25) is 0 Å². The standard InChI is InChI=1S/C12H14N2/c13-8-9-3-1-4-10(7-9)11-5-2-6-12(11)14/h1,3-4,7,11-12H,2,5-6,14H2/t11-,12-/m1/s1. The molecular weight excluding hydrogens is 172 g/mol. The fourth-order valence-corrected chi connectivity index (χ4v) is 2.24. The van der Waals surface area contributed by atoms with E-state index in [1.54, 1.807) is 0 Å². The first-order chi connectivity index (χ1) is 6.81. The topological polar surface area (TPSA) is 49.8 Å². The van der Waals surface area contributed by atoms with Crippen LogP contribution in [0.5, 0.6) is 0 Å². The van der Waals surface area contributed by atoms with Gasteiger partial charge in [-0.05, 0) is 36.5 Å². The Morgan fingerprint density at radius 1 is 1.36 bits per heavy atom. The molecule has 0 bridgehead atoms. The Balaban J connectivity index is 2.28. The number of nitrogens with zero attached hydrogens (tertiary/aromatic N) is 1. The summed E-state index contributed by atoms with van der Waals surface area (Å²) in [5, 5.41) is 8.79. The normalized spacial score (nSPS) is 26.0. The molecule has 1 aliphatic rings. The van der Waals surface area contributed by atoms with Crippen LogP contribution in [0.4, 0.5) is 0 Å². The summed E-state index contributed by atoms with van der Waals surface area (Å²) in [7, 11) is 0. The summed E-state index contributed by atoms with van der Waals surface area (Å²) in [6.07, 6.45) is 3.49. The van der Waals surface area contributed by atoms with E-state index < -0.39 is 0 Å². The molecule has 0 aliphatic heterocycles. The summed E-state index contributed by atoms with van der Waals surface area (Å²) in [6.45, 7) is 0. The summed E-state index contributed by atoms with van der Waals surface area (Å²) in [5.41, 5.74) is 7.99. The van der Waals surface area contributed by atoms with E-state index in [4.69, 9.17) is 11.0 Å². The van der Waals surface area contributed by atoms with Gasteiger partial charge in [0.1, 0.15) is 0 Å². The van der Waals surface area contributed by atoms with E-state index in [1.165, 1.54) is 12.0 Å². The predicted molar refractivity (Wildman–Crippen MR) is 55.7 cm³/mol. The molecule has 0 aromatic heterocycles. The third kappa shape index (κ3) is 1.64. The Hall–Kier alpha value is -1.33.